The van der Waals surface area contributed by atoms with Crippen molar-refractivity contribution in [3.63, 3.8) is 0 Å². The zero-order valence-electron chi connectivity index (χ0n) is 11.0. The number of nitrogens with zero attached hydrogens (tertiary/aromatic N) is 1. The summed E-state index contributed by atoms with van der Waals surface area (Å²) in [5.41, 5.74) is 2.88. The minimum atomic E-state index is 0.748. The quantitative estimate of drug-likeness (QED) is 0.770. The molecule has 0 aromatic heterocycles. The minimum Gasteiger partial charge on any atom is -0.494 e. The van der Waals surface area contributed by atoms with Gasteiger partial charge in [0.1, 0.15) is 5.75 Å². The summed E-state index contributed by atoms with van der Waals surface area (Å²) in [6.07, 6.45) is 5.01. The van der Waals surface area contributed by atoms with Crippen molar-refractivity contribution in [1.82, 2.24) is 0 Å². The SMILES string of the molecule is CCCCN1CCCc2cc(OCC)ccc21. The van der Waals surface area contributed by atoms with Crippen LogP contribution in [0, 0.1) is 0 Å². The average Bonchev–Trinajstić information content (AvgIpc) is 2.36. The number of unbranched alkanes of at least 4 members (excludes halogenated alkanes) is 1. The summed E-state index contributed by atoms with van der Waals surface area (Å²) >= 11 is 0. The van der Waals surface area contributed by atoms with Gasteiger partial charge in [-0.1, -0.05) is 13.3 Å². The molecule has 1 aromatic carbocycles. The van der Waals surface area contributed by atoms with Crippen LogP contribution in [0.15, 0.2) is 18.2 Å². The standard InChI is InChI=1S/C15H23NO/c1-3-5-10-16-11-6-7-13-12-14(17-4-2)8-9-15(13)16/h8-9,12H,3-7,10-11H2,1-2H3. The molecule has 0 aliphatic carbocycles. The Morgan fingerprint density at radius 3 is 2.94 bits per heavy atom. The van der Waals surface area contributed by atoms with E-state index in [1.165, 1.54) is 50.0 Å². The van der Waals surface area contributed by atoms with Gasteiger partial charge in [-0.2, -0.15) is 0 Å². The second-order valence-electron chi connectivity index (χ2n) is 4.67. The van der Waals surface area contributed by atoms with Crippen LogP contribution in [0.3, 0.4) is 0 Å². The van der Waals surface area contributed by atoms with Gasteiger partial charge in [-0.05, 0) is 49.9 Å². The monoisotopic (exact) mass is 233 g/mol. The van der Waals surface area contributed by atoms with E-state index in [0.717, 1.165) is 12.4 Å². The molecule has 1 aromatic rings. The van der Waals surface area contributed by atoms with E-state index in [2.05, 4.69) is 30.0 Å². The van der Waals surface area contributed by atoms with Gasteiger partial charge in [0.2, 0.25) is 0 Å². The van der Waals surface area contributed by atoms with Crippen molar-refractivity contribution in [2.45, 2.75) is 39.5 Å². The van der Waals surface area contributed by atoms with Crippen LogP contribution < -0.4 is 9.64 Å². The maximum Gasteiger partial charge on any atom is 0.119 e. The number of fused-ring (bicyclic) bond motifs is 1. The van der Waals surface area contributed by atoms with E-state index >= 15 is 0 Å². The molecular formula is C15H23NO. The highest BCUT2D eigenvalue weighted by atomic mass is 16.5. The zero-order chi connectivity index (χ0) is 12.1. The van der Waals surface area contributed by atoms with E-state index in [1.54, 1.807) is 0 Å². The van der Waals surface area contributed by atoms with Gasteiger partial charge < -0.3 is 9.64 Å². The highest BCUT2D eigenvalue weighted by molar-refractivity contribution is 5.58. The Labute approximate surface area is 105 Å². The summed E-state index contributed by atoms with van der Waals surface area (Å²) in [5, 5.41) is 0. The summed E-state index contributed by atoms with van der Waals surface area (Å²) in [7, 11) is 0. The average molecular weight is 233 g/mol. The number of anilines is 1. The van der Waals surface area contributed by atoms with Gasteiger partial charge in [0, 0.05) is 18.8 Å². The Hall–Kier alpha value is -1.18. The van der Waals surface area contributed by atoms with Crippen molar-refractivity contribution in [3.8, 4) is 5.75 Å². The lowest BCUT2D eigenvalue weighted by Crippen LogP contribution is -2.30. The van der Waals surface area contributed by atoms with Crippen LogP contribution in [0.4, 0.5) is 5.69 Å². The second-order valence-corrected chi connectivity index (χ2v) is 4.67. The Kier molecular flexibility index (Phi) is 4.29. The van der Waals surface area contributed by atoms with E-state index < -0.39 is 0 Å². The number of rotatable bonds is 5. The fourth-order valence-electron chi connectivity index (χ4n) is 2.49. The molecule has 0 unspecified atom stereocenters. The largest absolute Gasteiger partial charge is 0.494 e. The fourth-order valence-corrected chi connectivity index (χ4v) is 2.49. The molecule has 0 radical (unpaired) electrons. The van der Waals surface area contributed by atoms with Gasteiger partial charge in [0.05, 0.1) is 6.61 Å². The molecule has 1 aliphatic rings. The topological polar surface area (TPSA) is 12.5 Å². The van der Waals surface area contributed by atoms with Crippen molar-refractivity contribution in [2.75, 3.05) is 24.6 Å². The zero-order valence-corrected chi connectivity index (χ0v) is 11.0. The van der Waals surface area contributed by atoms with E-state index in [9.17, 15) is 0 Å². The molecule has 0 atom stereocenters. The molecule has 0 fully saturated rings. The fraction of sp³-hybridized carbons (Fsp3) is 0.600. The molecule has 2 rings (SSSR count). The third-order valence-electron chi connectivity index (χ3n) is 3.36. The number of hydrogen-bond donors (Lipinski definition) is 0. The maximum atomic E-state index is 5.57. The third-order valence-corrected chi connectivity index (χ3v) is 3.36. The van der Waals surface area contributed by atoms with Crippen molar-refractivity contribution < 1.29 is 4.74 Å². The molecule has 0 spiro atoms. The van der Waals surface area contributed by atoms with Crippen LogP contribution >= 0.6 is 0 Å². The van der Waals surface area contributed by atoms with E-state index in [1.807, 2.05) is 6.92 Å². The molecule has 94 valence electrons. The van der Waals surface area contributed by atoms with Gasteiger partial charge in [-0.15, -0.1) is 0 Å². The Bertz CT molecular complexity index is 362. The first-order valence-corrected chi connectivity index (χ1v) is 6.85. The van der Waals surface area contributed by atoms with Gasteiger partial charge in [-0.25, -0.2) is 0 Å². The van der Waals surface area contributed by atoms with Gasteiger partial charge in [0.15, 0.2) is 0 Å². The van der Waals surface area contributed by atoms with E-state index in [4.69, 9.17) is 4.74 Å². The maximum absolute atomic E-state index is 5.57. The highest BCUT2D eigenvalue weighted by Crippen LogP contribution is 2.30. The molecule has 1 heterocycles. The number of ether oxygens (including phenoxy) is 1. The molecule has 0 bridgehead atoms. The molecule has 0 amide bonds. The highest BCUT2D eigenvalue weighted by Gasteiger charge is 2.16. The summed E-state index contributed by atoms with van der Waals surface area (Å²) in [5.74, 6) is 1.02. The Morgan fingerprint density at radius 2 is 2.18 bits per heavy atom. The molecule has 1 aliphatic heterocycles. The molecular weight excluding hydrogens is 210 g/mol. The van der Waals surface area contributed by atoms with Crippen molar-refractivity contribution in [1.29, 1.82) is 0 Å². The summed E-state index contributed by atoms with van der Waals surface area (Å²) in [6, 6.07) is 6.55. The normalized spacial score (nSPS) is 14.6. The lowest BCUT2D eigenvalue weighted by atomic mass is 10.0. The van der Waals surface area contributed by atoms with Crippen LogP contribution in [0.5, 0.6) is 5.75 Å². The lowest BCUT2D eigenvalue weighted by Gasteiger charge is -2.31. The third kappa shape index (κ3) is 2.93. The van der Waals surface area contributed by atoms with Crippen molar-refractivity contribution in [2.24, 2.45) is 0 Å². The van der Waals surface area contributed by atoms with Gasteiger partial charge in [0.25, 0.3) is 0 Å². The first-order valence-electron chi connectivity index (χ1n) is 6.85. The minimum absolute atomic E-state index is 0.748. The predicted molar refractivity (Wildman–Crippen MR) is 73.1 cm³/mol. The van der Waals surface area contributed by atoms with Crippen LogP contribution in [-0.2, 0) is 6.42 Å². The number of hydrogen-bond acceptors (Lipinski definition) is 2. The van der Waals surface area contributed by atoms with E-state index in [0.29, 0.717) is 0 Å². The smallest absolute Gasteiger partial charge is 0.119 e. The summed E-state index contributed by atoms with van der Waals surface area (Å²) in [6.45, 7) is 7.44. The molecule has 2 nitrogen and oxygen atoms in total. The van der Waals surface area contributed by atoms with Gasteiger partial charge in [-0.3, -0.25) is 0 Å². The van der Waals surface area contributed by atoms with Crippen LogP contribution in [0.2, 0.25) is 0 Å². The van der Waals surface area contributed by atoms with E-state index in [-0.39, 0.29) is 0 Å². The summed E-state index contributed by atoms with van der Waals surface area (Å²) in [4.78, 5) is 2.53. The molecule has 17 heavy (non-hydrogen) atoms. The first kappa shape index (κ1) is 12.3. The molecule has 2 heteroatoms. The van der Waals surface area contributed by atoms with Crippen molar-refractivity contribution >= 4 is 5.69 Å². The Balaban J connectivity index is 2.14. The molecule has 0 saturated carbocycles. The van der Waals surface area contributed by atoms with Crippen molar-refractivity contribution in [3.05, 3.63) is 23.8 Å². The summed E-state index contributed by atoms with van der Waals surface area (Å²) < 4.78 is 5.57. The van der Waals surface area contributed by atoms with Crippen LogP contribution in [0.1, 0.15) is 38.7 Å². The van der Waals surface area contributed by atoms with Crippen LogP contribution in [-0.4, -0.2) is 19.7 Å². The van der Waals surface area contributed by atoms with Gasteiger partial charge >= 0.3 is 0 Å². The first-order chi connectivity index (χ1) is 8.35. The number of aryl methyl sites for hydroxylation is 1. The number of benzene rings is 1. The predicted octanol–water partition coefficient (Wildman–Crippen LogP) is 3.64. The second kappa shape index (κ2) is 5.95. The molecule has 0 N–H and O–H groups in total. The lowest BCUT2D eigenvalue weighted by molar-refractivity contribution is 0.340. The molecule has 0 saturated heterocycles. The van der Waals surface area contributed by atoms with Crippen LogP contribution in [0.25, 0.3) is 0 Å². The Morgan fingerprint density at radius 1 is 1.29 bits per heavy atom.